The first-order chi connectivity index (χ1) is 17.8. The number of nitrogens with zero attached hydrogens (tertiary/aromatic N) is 1. The van der Waals surface area contributed by atoms with Crippen LogP contribution in [0.4, 0.5) is 17.1 Å². The Morgan fingerprint density at radius 2 is 1.57 bits per heavy atom. The van der Waals surface area contributed by atoms with Crippen LogP contribution in [0, 0.1) is 6.92 Å². The summed E-state index contributed by atoms with van der Waals surface area (Å²) in [5.74, 6) is -0.420. The van der Waals surface area contributed by atoms with Crippen molar-refractivity contribution in [2.24, 2.45) is 5.73 Å². The van der Waals surface area contributed by atoms with E-state index < -0.39 is 0 Å². The summed E-state index contributed by atoms with van der Waals surface area (Å²) in [6.07, 6.45) is 1.65. The van der Waals surface area contributed by atoms with Gasteiger partial charge in [-0.15, -0.1) is 0 Å². The van der Waals surface area contributed by atoms with Crippen LogP contribution in [0.3, 0.4) is 0 Å². The van der Waals surface area contributed by atoms with E-state index in [0.29, 0.717) is 35.7 Å². The molecule has 1 heterocycles. The lowest BCUT2D eigenvalue weighted by atomic mass is 9.85. The second kappa shape index (κ2) is 11.6. The maximum absolute atomic E-state index is 13.0. The number of ether oxygens (including phenoxy) is 1. The third-order valence-electron chi connectivity index (χ3n) is 7.21. The van der Waals surface area contributed by atoms with Crippen molar-refractivity contribution in [2.45, 2.75) is 39.2 Å². The minimum absolute atomic E-state index is 0.205. The summed E-state index contributed by atoms with van der Waals surface area (Å²) in [7, 11) is 0. The summed E-state index contributed by atoms with van der Waals surface area (Å²) in [5.41, 5.74) is 11.4. The highest BCUT2D eigenvalue weighted by molar-refractivity contribution is 6.07. The van der Waals surface area contributed by atoms with Crippen LogP contribution in [-0.4, -0.2) is 38.1 Å². The van der Waals surface area contributed by atoms with E-state index in [-0.39, 0.29) is 17.4 Å². The van der Waals surface area contributed by atoms with Crippen molar-refractivity contribution in [1.82, 2.24) is 0 Å². The molecule has 0 spiro atoms. The van der Waals surface area contributed by atoms with Gasteiger partial charge in [0, 0.05) is 46.8 Å². The molecule has 4 rings (SSSR count). The molecular formula is C30H36N4O3. The van der Waals surface area contributed by atoms with Crippen LogP contribution in [0.5, 0.6) is 0 Å². The highest BCUT2D eigenvalue weighted by Crippen LogP contribution is 2.27. The summed E-state index contributed by atoms with van der Waals surface area (Å²) < 4.78 is 5.43. The minimum Gasteiger partial charge on any atom is -0.378 e. The maximum atomic E-state index is 13.0. The van der Waals surface area contributed by atoms with Crippen LogP contribution in [0.1, 0.15) is 58.5 Å². The van der Waals surface area contributed by atoms with Crippen LogP contribution in [0.15, 0.2) is 66.7 Å². The molecule has 0 radical (unpaired) electrons. The number of carbonyl (C=O) groups is 2. The van der Waals surface area contributed by atoms with Gasteiger partial charge in [-0.2, -0.15) is 0 Å². The first-order valence-electron chi connectivity index (χ1n) is 12.9. The third kappa shape index (κ3) is 6.18. The number of aryl methyl sites for hydroxylation is 1. The molecule has 2 amide bonds. The standard InChI is InChI=1S/C30H36N4O3/c1-4-30(31,5-2)24-12-10-22(11-13-24)28(35)33-27-20-25(14-9-21(27)3)32-29(36)23-7-6-8-26(19-23)34-15-17-37-18-16-34/h6-14,19-20H,4-5,15-18,31H2,1-3H3,(H,32,36)(H,33,35). The number of hydrogen-bond acceptors (Lipinski definition) is 5. The van der Waals surface area contributed by atoms with Gasteiger partial charge in [-0.25, -0.2) is 0 Å². The number of benzene rings is 3. The van der Waals surface area contributed by atoms with Crippen molar-refractivity contribution in [2.75, 3.05) is 41.8 Å². The first-order valence-corrected chi connectivity index (χ1v) is 12.9. The Morgan fingerprint density at radius 3 is 2.24 bits per heavy atom. The van der Waals surface area contributed by atoms with E-state index >= 15 is 0 Å². The quantitative estimate of drug-likeness (QED) is 0.390. The van der Waals surface area contributed by atoms with Gasteiger partial charge in [0.25, 0.3) is 11.8 Å². The topological polar surface area (TPSA) is 96.7 Å². The van der Waals surface area contributed by atoms with Crippen molar-refractivity contribution in [3.8, 4) is 0 Å². The normalized spacial score (nSPS) is 13.8. The highest BCUT2D eigenvalue weighted by Gasteiger charge is 2.23. The number of carbonyl (C=O) groups excluding carboxylic acids is 2. The fourth-order valence-electron chi connectivity index (χ4n) is 4.51. The second-order valence-corrected chi connectivity index (χ2v) is 9.53. The van der Waals surface area contributed by atoms with Gasteiger partial charge in [0.15, 0.2) is 0 Å². The molecule has 0 aromatic heterocycles. The van der Waals surface area contributed by atoms with Crippen LogP contribution in [0.2, 0.25) is 0 Å². The molecule has 37 heavy (non-hydrogen) atoms. The van der Waals surface area contributed by atoms with E-state index in [2.05, 4.69) is 29.4 Å². The average Bonchev–Trinajstić information content (AvgIpc) is 2.95. The van der Waals surface area contributed by atoms with Crippen LogP contribution in [0.25, 0.3) is 0 Å². The smallest absolute Gasteiger partial charge is 0.255 e. The summed E-state index contributed by atoms with van der Waals surface area (Å²) in [4.78, 5) is 28.2. The van der Waals surface area contributed by atoms with Gasteiger partial charge < -0.3 is 26.0 Å². The number of hydrogen-bond donors (Lipinski definition) is 3. The average molecular weight is 501 g/mol. The molecule has 7 heteroatoms. The predicted molar refractivity (Wildman–Crippen MR) is 149 cm³/mol. The van der Waals surface area contributed by atoms with Crippen LogP contribution < -0.4 is 21.3 Å². The summed E-state index contributed by atoms with van der Waals surface area (Å²) in [6, 6.07) is 20.6. The summed E-state index contributed by atoms with van der Waals surface area (Å²) in [6.45, 7) is 9.03. The van der Waals surface area contributed by atoms with Crippen molar-refractivity contribution in [3.63, 3.8) is 0 Å². The summed E-state index contributed by atoms with van der Waals surface area (Å²) in [5, 5.41) is 5.94. The van der Waals surface area contributed by atoms with E-state index in [0.717, 1.165) is 42.7 Å². The number of anilines is 3. The molecule has 1 aliphatic heterocycles. The summed E-state index contributed by atoms with van der Waals surface area (Å²) >= 11 is 0. The zero-order valence-electron chi connectivity index (χ0n) is 21.8. The van der Waals surface area contributed by atoms with Crippen LogP contribution in [-0.2, 0) is 10.3 Å². The lowest BCUT2D eigenvalue weighted by Gasteiger charge is -2.29. The van der Waals surface area contributed by atoms with E-state index in [1.54, 1.807) is 24.3 Å². The Kier molecular flexibility index (Phi) is 8.26. The van der Waals surface area contributed by atoms with Gasteiger partial charge in [0.1, 0.15) is 0 Å². The van der Waals surface area contributed by atoms with Gasteiger partial charge in [0.2, 0.25) is 0 Å². The van der Waals surface area contributed by atoms with E-state index in [1.165, 1.54) is 0 Å². The van der Waals surface area contributed by atoms with Gasteiger partial charge in [-0.05, 0) is 73.4 Å². The molecule has 3 aromatic rings. The molecule has 1 aliphatic rings. The van der Waals surface area contributed by atoms with E-state index in [9.17, 15) is 9.59 Å². The molecule has 0 bridgehead atoms. The van der Waals surface area contributed by atoms with Gasteiger partial charge in [0.05, 0.1) is 13.2 Å². The molecule has 0 saturated carbocycles. The van der Waals surface area contributed by atoms with Crippen molar-refractivity contribution in [3.05, 3.63) is 89.0 Å². The molecular weight excluding hydrogens is 464 g/mol. The van der Waals surface area contributed by atoms with Crippen molar-refractivity contribution in [1.29, 1.82) is 0 Å². The van der Waals surface area contributed by atoms with Crippen molar-refractivity contribution >= 4 is 28.9 Å². The maximum Gasteiger partial charge on any atom is 0.255 e. The molecule has 3 aromatic carbocycles. The molecule has 1 fully saturated rings. The molecule has 7 nitrogen and oxygen atoms in total. The number of morpholine rings is 1. The molecule has 1 saturated heterocycles. The number of nitrogens with two attached hydrogens (primary N) is 1. The molecule has 194 valence electrons. The fraction of sp³-hybridized carbons (Fsp3) is 0.333. The SMILES string of the molecule is CCC(N)(CC)c1ccc(C(=O)Nc2cc(NC(=O)c3cccc(N4CCOCC4)c3)ccc2C)cc1. The van der Waals surface area contributed by atoms with Crippen molar-refractivity contribution < 1.29 is 14.3 Å². The van der Waals surface area contributed by atoms with Crippen LogP contribution >= 0.6 is 0 Å². The number of nitrogens with one attached hydrogen (secondary N) is 2. The Balaban J connectivity index is 1.45. The van der Waals surface area contributed by atoms with E-state index in [1.807, 2.05) is 49.4 Å². The number of rotatable bonds is 8. The largest absolute Gasteiger partial charge is 0.378 e. The zero-order valence-corrected chi connectivity index (χ0v) is 21.8. The van der Waals surface area contributed by atoms with E-state index in [4.69, 9.17) is 10.5 Å². The molecule has 0 aliphatic carbocycles. The van der Waals surface area contributed by atoms with Gasteiger partial charge in [-0.1, -0.05) is 38.1 Å². The monoisotopic (exact) mass is 500 g/mol. The Bertz CT molecular complexity index is 1250. The Morgan fingerprint density at radius 1 is 0.892 bits per heavy atom. The molecule has 4 N–H and O–H groups in total. The Labute approximate surface area is 219 Å². The molecule has 0 unspecified atom stereocenters. The zero-order chi connectivity index (χ0) is 26.4. The first kappa shape index (κ1) is 26.4. The fourth-order valence-corrected chi connectivity index (χ4v) is 4.51. The lowest BCUT2D eigenvalue weighted by Crippen LogP contribution is -2.36. The highest BCUT2D eigenvalue weighted by atomic mass is 16.5. The van der Waals surface area contributed by atoms with Gasteiger partial charge >= 0.3 is 0 Å². The van der Waals surface area contributed by atoms with Gasteiger partial charge in [-0.3, -0.25) is 9.59 Å². The minimum atomic E-state index is -0.389. The third-order valence-corrected chi connectivity index (χ3v) is 7.21. The predicted octanol–water partition coefficient (Wildman–Crippen LogP) is 5.31. The number of amides is 2. The Hall–Kier alpha value is -3.68. The lowest BCUT2D eigenvalue weighted by molar-refractivity contribution is 0.101. The second-order valence-electron chi connectivity index (χ2n) is 9.53. The molecule has 0 atom stereocenters.